The van der Waals surface area contributed by atoms with Crippen LogP contribution in [0.1, 0.15) is 55.2 Å². The summed E-state index contributed by atoms with van der Waals surface area (Å²) in [7, 11) is 0. The number of ketones is 1. The third-order valence-corrected chi connectivity index (χ3v) is 8.23. The lowest BCUT2D eigenvalue weighted by molar-refractivity contribution is -0.148. The molecule has 7 heteroatoms. The van der Waals surface area contributed by atoms with Crippen LogP contribution in [-0.4, -0.2) is 64.5 Å². The van der Waals surface area contributed by atoms with Crippen molar-refractivity contribution < 1.29 is 19.2 Å². The van der Waals surface area contributed by atoms with E-state index in [4.69, 9.17) is 0 Å². The van der Waals surface area contributed by atoms with Crippen LogP contribution in [0.25, 0.3) is 0 Å². The quantitative estimate of drug-likeness (QED) is 0.678. The van der Waals surface area contributed by atoms with Crippen molar-refractivity contribution in [2.45, 2.75) is 76.4 Å². The fourth-order valence-electron chi connectivity index (χ4n) is 6.27. The average Bonchev–Trinajstić information content (AvgIpc) is 3.59. The van der Waals surface area contributed by atoms with Gasteiger partial charge < -0.3 is 15.1 Å². The van der Waals surface area contributed by atoms with Crippen molar-refractivity contribution in [3.63, 3.8) is 0 Å². The number of fused-ring (bicyclic) bond motifs is 2. The molecule has 0 spiro atoms. The molecule has 200 valence electrons. The van der Waals surface area contributed by atoms with Crippen molar-refractivity contribution >= 4 is 23.5 Å². The SMILES string of the molecule is Cc1ccc(C[C@@H]2CC(=O)C[C@H](Cc3ccccc3)NC(=O)[C@@H]3CCCN3C(=O)[C@@H]3CCCN3C2=O)cc1. The second-order valence-corrected chi connectivity index (χ2v) is 11.1. The number of amides is 3. The molecule has 0 radical (unpaired) electrons. The topological polar surface area (TPSA) is 86.8 Å². The molecule has 2 aromatic carbocycles. The fourth-order valence-corrected chi connectivity index (χ4v) is 6.27. The molecule has 3 heterocycles. The monoisotopic (exact) mass is 515 g/mol. The number of carbonyl (C=O) groups excluding carboxylic acids is 4. The van der Waals surface area contributed by atoms with Gasteiger partial charge in [0.05, 0.1) is 0 Å². The van der Waals surface area contributed by atoms with Gasteiger partial charge in [0.2, 0.25) is 17.7 Å². The Kier molecular flexibility index (Phi) is 7.91. The van der Waals surface area contributed by atoms with Crippen LogP contribution >= 0.6 is 0 Å². The van der Waals surface area contributed by atoms with Crippen molar-refractivity contribution in [3.05, 3.63) is 71.3 Å². The number of nitrogens with zero attached hydrogens (tertiary/aromatic N) is 2. The van der Waals surface area contributed by atoms with E-state index >= 15 is 0 Å². The number of hydrogen-bond acceptors (Lipinski definition) is 4. The van der Waals surface area contributed by atoms with Crippen molar-refractivity contribution in [1.29, 1.82) is 0 Å². The van der Waals surface area contributed by atoms with Crippen molar-refractivity contribution in [2.75, 3.05) is 13.1 Å². The first-order valence-electron chi connectivity index (χ1n) is 13.9. The Labute approximate surface area is 224 Å². The molecular weight excluding hydrogens is 478 g/mol. The first-order chi connectivity index (χ1) is 18.4. The maximum absolute atomic E-state index is 13.9. The first kappa shape index (κ1) is 26.1. The summed E-state index contributed by atoms with van der Waals surface area (Å²) in [5, 5.41) is 3.12. The van der Waals surface area contributed by atoms with E-state index in [0.29, 0.717) is 38.8 Å². The zero-order chi connectivity index (χ0) is 26.6. The molecule has 4 atom stereocenters. The van der Waals surface area contributed by atoms with Crippen LogP contribution in [0.4, 0.5) is 0 Å². The zero-order valence-corrected chi connectivity index (χ0v) is 22.1. The standard InChI is InChI=1S/C31H37N3O4/c1-21-11-13-23(14-12-21)17-24-19-26(35)20-25(18-22-7-3-2-4-8-22)32-29(36)27-9-5-15-33(27)31(38)28-10-6-16-34(28)30(24)37/h2-4,7-8,11-14,24-25,27-28H,5-6,9-10,15-20H2,1H3,(H,32,36)/t24-,25+,27+,28+/m1/s1. The highest BCUT2D eigenvalue weighted by atomic mass is 16.2. The summed E-state index contributed by atoms with van der Waals surface area (Å²) in [5.74, 6) is -1.03. The van der Waals surface area contributed by atoms with Crippen LogP contribution < -0.4 is 5.32 Å². The van der Waals surface area contributed by atoms with E-state index in [2.05, 4.69) is 5.32 Å². The Bertz CT molecular complexity index is 1180. The first-order valence-corrected chi connectivity index (χ1v) is 13.9. The number of benzene rings is 2. The Hall–Kier alpha value is -3.48. The largest absolute Gasteiger partial charge is 0.351 e. The minimum atomic E-state index is -0.563. The number of Topliss-reactive ketones (excluding diaryl/α,β-unsaturated/α-hetero) is 1. The van der Waals surface area contributed by atoms with Crippen LogP contribution in [0.2, 0.25) is 0 Å². The Morgan fingerprint density at radius 2 is 1.37 bits per heavy atom. The van der Waals surface area contributed by atoms with E-state index < -0.39 is 24.0 Å². The van der Waals surface area contributed by atoms with E-state index in [1.807, 2.05) is 61.5 Å². The molecular formula is C31H37N3O4. The minimum Gasteiger partial charge on any atom is -0.351 e. The van der Waals surface area contributed by atoms with Crippen LogP contribution in [-0.2, 0) is 32.0 Å². The summed E-state index contributed by atoms with van der Waals surface area (Å²) in [6.07, 6.45) is 3.91. The molecule has 0 aliphatic carbocycles. The van der Waals surface area contributed by atoms with Gasteiger partial charge in [0, 0.05) is 37.9 Å². The minimum absolute atomic E-state index is 0.0405. The van der Waals surface area contributed by atoms with Crippen LogP contribution in [0.15, 0.2) is 54.6 Å². The van der Waals surface area contributed by atoms with Crippen molar-refractivity contribution in [3.8, 4) is 0 Å². The molecule has 3 fully saturated rings. The van der Waals surface area contributed by atoms with Crippen LogP contribution in [0.3, 0.4) is 0 Å². The highest BCUT2D eigenvalue weighted by molar-refractivity contribution is 5.95. The van der Waals surface area contributed by atoms with Gasteiger partial charge in [0.25, 0.3) is 0 Å². The summed E-state index contributed by atoms with van der Waals surface area (Å²) in [6, 6.07) is 16.3. The maximum atomic E-state index is 13.9. The second kappa shape index (κ2) is 11.5. The molecule has 0 aromatic heterocycles. The Balaban J connectivity index is 1.46. The van der Waals surface area contributed by atoms with Gasteiger partial charge in [-0.2, -0.15) is 0 Å². The number of carbonyl (C=O) groups is 4. The van der Waals surface area contributed by atoms with E-state index in [-0.39, 0.29) is 36.3 Å². The highest BCUT2D eigenvalue weighted by Crippen LogP contribution is 2.29. The number of aryl methyl sites for hydroxylation is 1. The van der Waals surface area contributed by atoms with Crippen molar-refractivity contribution in [2.24, 2.45) is 5.92 Å². The van der Waals surface area contributed by atoms with Gasteiger partial charge in [-0.25, -0.2) is 0 Å². The number of hydrogen-bond donors (Lipinski definition) is 1. The van der Waals surface area contributed by atoms with Crippen LogP contribution in [0.5, 0.6) is 0 Å². The summed E-state index contributed by atoms with van der Waals surface area (Å²) in [6.45, 7) is 3.05. The molecule has 3 amide bonds. The van der Waals surface area contributed by atoms with Crippen molar-refractivity contribution in [1.82, 2.24) is 15.1 Å². The molecule has 5 rings (SSSR count). The predicted molar refractivity (Wildman–Crippen MR) is 144 cm³/mol. The summed E-state index contributed by atoms with van der Waals surface area (Å²) < 4.78 is 0. The second-order valence-electron chi connectivity index (χ2n) is 11.1. The molecule has 38 heavy (non-hydrogen) atoms. The Morgan fingerprint density at radius 1 is 0.737 bits per heavy atom. The average molecular weight is 516 g/mol. The lowest BCUT2D eigenvalue weighted by Gasteiger charge is -2.32. The summed E-state index contributed by atoms with van der Waals surface area (Å²) >= 11 is 0. The predicted octanol–water partition coefficient (Wildman–Crippen LogP) is 3.23. The molecule has 2 aromatic rings. The molecule has 3 aliphatic heterocycles. The molecule has 1 N–H and O–H groups in total. The smallest absolute Gasteiger partial charge is 0.246 e. The van der Waals surface area contributed by atoms with Gasteiger partial charge in [-0.3, -0.25) is 19.2 Å². The van der Waals surface area contributed by atoms with Gasteiger partial charge in [-0.15, -0.1) is 0 Å². The fraction of sp³-hybridized carbons (Fsp3) is 0.484. The van der Waals surface area contributed by atoms with Gasteiger partial charge in [0.15, 0.2) is 0 Å². The summed E-state index contributed by atoms with van der Waals surface area (Å²) in [5.41, 5.74) is 3.17. The van der Waals surface area contributed by atoms with E-state index in [1.54, 1.807) is 9.80 Å². The van der Waals surface area contributed by atoms with E-state index in [0.717, 1.165) is 29.5 Å². The van der Waals surface area contributed by atoms with Gasteiger partial charge in [-0.05, 0) is 56.6 Å². The van der Waals surface area contributed by atoms with Gasteiger partial charge in [0.1, 0.15) is 17.9 Å². The number of rotatable bonds is 4. The number of nitrogens with one attached hydrogen (secondary N) is 1. The molecule has 3 aliphatic rings. The van der Waals surface area contributed by atoms with E-state index in [1.165, 1.54) is 0 Å². The molecule has 0 saturated carbocycles. The molecule has 0 bridgehead atoms. The molecule has 7 nitrogen and oxygen atoms in total. The lowest BCUT2D eigenvalue weighted by atomic mass is 9.89. The Morgan fingerprint density at radius 3 is 2.08 bits per heavy atom. The van der Waals surface area contributed by atoms with Gasteiger partial charge in [-0.1, -0.05) is 60.2 Å². The van der Waals surface area contributed by atoms with Crippen LogP contribution in [0, 0.1) is 12.8 Å². The third kappa shape index (κ3) is 5.82. The normalized spacial score (nSPS) is 26.8. The maximum Gasteiger partial charge on any atom is 0.246 e. The third-order valence-electron chi connectivity index (χ3n) is 8.23. The summed E-state index contributed by atoms with van der Waals surface area (Å²) in [4.78, 5) is 58.0. The molecule has 3 saturated heterocycles. The highest BCUT2D eigenvalue weighted by Gasteiger charge is 2.44. The van der Waals surface area contributed by atoms with Gasteiger partial charge >= 0.3 is 0 Å². The zero-order valence-electron chi connectivity index (χ0n) is 22.1. The van der Waals surface area contributed by atoms with E-state index in [9.17, 15) is 19.2 Å². The molecule has 0 unspecified atom stereocenters. The lowest BCUT2D eigenvalue weighted by Crippen LogP contribution is -2.54.